The van der Waals surface area contributed by atoms with Crippen molar-refractivity contribution in [3.8, 4) is 0 Å². The third-order valence-electron chi connectivity index (χ3n) is 3.11. The Labute approximate surface area is 102 Å². The number of hydrogen-bond acceptors (Lipinski definition) is 3. The van der Waals surface area contributed by atoms with E-state index in [2.05, 4.69) is 46.5 Å². The second-order valence-electron chi connectivity index (χ2n) is 4.12. The van der Waals surface area contributed by atoms with E-state index in [4.69, 9.17) is 0 Å². The summed E-state index contributed by atoms with van der Waals surface area (Å²) in [5.74, 6) is 0.394. The Morgan fingerprint density at radius 2 is 1.35 bits per heavy atom. The molecular formula is C14H17N3. The van der Waals surface area contributed by atoms with Gasteiger partial charge in [0.2, 0.25) is 0 Å². The Hall–Kier alpha value is -1.74. The molecule has 0 amide bonds. The van der Waals surface area contributed by atoms with Crippen molar-refractivity contribution < 1.29 is 0 Å². The van der Waals surface area contributed by atoms with E-state index < -0.39 is 0 Å². The second kappa shape index (κ2) is 5.55. The fraction of sp³-hybridized carbons (Fsp3) is 0.286. The number of nitrogens with zero attached hydrogens (tertiary/aromatic N) is 2. The summed E-state index contributed by atoms with van der Waals surface area (Å²) >= 11 is 0. The standard InChI is InChI=1S/C14H17N3/c1-11(12-3-7-16-8-4-12)14(15-2)13-5-9-17-10-6-13/h3-11,14-15H,1-2H3. The van der Waals surface area contributed by atoms with Gasteiger partial charge in [-0.1, -0.05) is 6.92 Å². The summed E-state index contributed by atoms with van der Waals surface area (Å²) in [5, 5.41) is 3.37. The van der Waals surface area contributed by atoms with Crippen molar-refractivity contribution in [3.63, 3.8) is 0 Å². The Balaban J connectivity index is 2.25. The highest BCUT2D eigenvalue weighted by Gasteiger charge is 2.18. The van der Waals surface area contributed by atoms with Crippen LogP contribution in [0.1, 0.15) is 30.0 Å². The molecule has 1 N–H and O–H groups in total. The topological polar surface area (TPSA) is 37.8 Å². The molecule has 0 spiro atoms. The maximum absolute atomic E-state index is 4.06. The molecule has 0 bridgehead atoms. The molecule has 2 heterocycles. The van der Waals surface area contributed by atoms with Gasteiger partial charge < -0.3 is 5.32 Å². The number of rotatable bonds is 4. The molecule has 0 aliphatic rings. The zero-order chi connectivity index (χ0) is 12.1. The van der Waals surface area contributed by atoms with Crippen LogP contribution in [0.2, 0.25) is 0 Å². The molecule has 0 fully saturated rings. The monoisotopic (exact) mass is 227 g/mol. The molecule has 3 heteroatoms. The van der Waals surface area contributed by atoms with Crippen molar-refractivity contribution in [1.82, 2.24) is 15.3 Å². The third kappa shape index (κ3) is 2.68. The Bertz CT molecular complexity index is 442. The zero-order valence-electron chi connectivity index (χ0n) is 10.2. The molecule has 0 radical (unpaired) electrons. The summed E-state index contributed by atoms with van der Waals surface area (Å²) in [6, 6.07) is 8.53. The van der Waals surface area contributed by atoms with Gasteiger partial charge in [-0.15, -0.1) is 0 Å². The highest BCUT2D eigenvalue weighted by atomic mass is 14.9. The molecule has 3 nitrogen and oxygen atoms in total. The summed E-state index contributed by atoms with van der Waals surface area (Å²) in [6.07, 6.45) is 7.34. The first-order valence-electron chi connectivity index (χ1n) is 5.80. The van der Waals surface area contributed by atoms with E-state index in [0.29, 0.717) is 12.0 Å². The van der Waals surface area contributed by atoms with Crippen LogP contribution in [0, 0.1) is 0 Å². The number of nitrogens with one attached hydrogen (secondary N) is 1. The maximum Gasteiger partial charge on any atom is 0.0385 e. The van der Waals surface area contributed by atoms with Crippen LogP contribution in [-0.2, 0) is 0 Å². The van der Waals surface area contributed by atoms with E-state index in [-0.39, 0.29) is 0 Å². The van der Waals surface area contributed by atoms with Gasteiger partial charge in [-0.05, 0) is 42.4 Å². The van der Waals surface area contributed by atoms with E-state index in [9.17, 15) is 0 Å². The molecule has 0 saturated heterocycles. The van der Waals surface area contributed by atoms with E-state index in [1.807, 2.05) is 31.8 Å². The molecule has 2 rings (SSSR count). The second-order valence-corrected chi connectivity index (χ2v) is 4.12. The van der Waals surface area contributed by atoms with Gasteiger partial charge in [0.25, 0.3) is 0 Å². The summed E-state index contributed by atoms with van der Waals surface area (Å²) in [4.78, 5) is 8.11. The lowest BCUT2D eigenvalue weighted by atomic mass is 9.90. The highest BCUT2D eigenvalue weighted by molar-refractivity contribution is 5.24. The van der Waals surface area contributed by atoms with Gasteiger partial charge in [0, 0.05) is 36.7 Å². The van der Waals surface area contributed by atoms with E-state index >= 15 is 0 Å². The predicted molar refractivity (Wildman–Crippen MR) is 68.7 cm³/mol. The highest BCUT2D eigenvalue weighted by Crippen LogP contribution is 2.29. The molecule has 0 aliphatic heterocycles. The van der Waals surface area contributed by atoms with Crippen molar-refractivity contribution in [2.45, 2.75) is 18.9 Å². The largest absolute Gasteiger partial charge is 0.312 e. The summed E-state index contributed by atoms with van der Waals surface area (Å²) in [7, 11) is 1.99. The Kier molecular flexibility index (Phi) is 3.83. The lowest BCUT2D eigenvalue weighted by Crippen LogP contribution is -2.22. The minimum atomic E-state index is 0.292. The lowest BCUT2D eigenvalue weighted by molar-refractivity contribution is 0.507. The van der Waals surface area contributed by atoms with E-state index in [1.165, 1.54) is 11.1 Å². The molecule has 2 unspecified atom stereocenters. The minimum Gasteiger partial charge on any atom is -0.312 e. The van der Waals surface area contributed by atoms with Gasteiger partial charge in [-0.2, -0.15) is 0 Å². The summed E-state index contributed by atoms with van der Waals surface area (Å²) in [6.45, 7) is 2.22. The number of hydrogen-bond donors (Lipinski definition) is 1. The normalized spacial score (nSPS) is 14.2. The average Bonchev–Trinajstić information content (AvgIpc) is 2.42. The van der Waals surface area contributed by atoms with E-state index in [1.54, 1.807) is 0 Å². The van der Waals surface area contributed by atoms with Crippen LogP contribution in [0.15, 0.2) is 49.1 Å². The molecule has 0 aromatic carbocycles. The molecular weight excluding hydrogens is 210 g/mol. The molecule has 0 aliphatic carbocycles. The molecule has 0 saturated carbocycles. The smallest absolute Gasteiger partial charge is 0.0385 e. The quantitative estimate of drug-likeness (QED) is 0.872. The van der Waals surface area contributed by atoms with Gasteiger partial charge in [-0.25, -0.2) is 0 Å². The summed E-state index contributed by atoms with van der Waals surface area (Å²) < 4.78 is 0. The van der Waals surface area contributed by atoms with Crippen molar-refractivity contribution in [2.75, 3.05) is 7.05 Å². The molecule has 2 aromatic heterocycles. The van der Waals surface area contributed by atoms with Crippen LogP contribution in [0.4, 0.5) is 0 Å². The van der Waals surface area contributed by atoms with Crippen LogP contribution >= 0.6 is 0 Å². The Morgan fingerprint density at radius 3 is 1.82 bits per heavy atom. The van der Waals surface area contributed by atoms with E-state index in [0.717, 1.165) is 0 Å². The van der Waals surface area contributed by atoms with Crippen molar-refractivity contribution in [1.29, 1.82) is 0 Å². The SMILES string of the molecule is CNC(c1ccncc1)C(C)c1ccncc1. The van der Waals surface area contributed by atoms with Gasteiger partial charge >= 0.3 is 0 Å². The van der Waals surface area contributed by atoms with Crippen LogP contribution in [0.3, 0.4) is 0 Å². The van der Waals surface area contributed by atoms with Gasteiger partial charge in [-0.3, -0.25) is 9.97 Å². The molecule has 2 aromatic rings. The zero-order valence-corrected chi connectivity index (χ0v) is 10.2. The fourth-order valence-corrected chi connectivity index (χ4v) is 2.14. The first-order valence-corrected chi connectivity index (χ1v) is 5.80. The third-order valence-corrected chi connectivity index (χ3v) is 3.11. The van der Waals surface area contributed by atoms with Crippen molar-refractivity contribution >= 4 is 0 Å². The first-order chi connectivity index (χ1) is 8.33. The van der Waals surface area contributed by atoms with Crippen LogP contribution in [0.5, 0.6) is 0 Å². The molecule has 17 heavy (non-hydrogen) atoms. The minimum absolute atomic E-state index is 0.292. The number of likely N-dealkylation sites (N-methyl/N-ethyl adjacent to an activating group) is 1. The van der Waals surface area contributed by atoms with Crippen molar-refractivity contribution in [3.05, 3.63) is 60.2 Å². The number of aromatic nitrogens is 2. The van der Waals surface area contributed by atoms with Gasteiger partial charge in [0.05, 0.1) is 0 Å². The van der Waals surface area contributed by atoms with Crippen LogP contribution in [0.25, 0.3) is 0 Å². The van der Waals surface area contributed by atoms with Crippen molar-refractivity contribution in [2.24, 2.45) is 0 Å². The predicted octanol–water partition coefficient (Wildman–Crippen LogP) is 2.54. The first kappa shape index (κ1) is 11.7. The molecule has 88 valence electrons. The maximum atomic E-state index is 4.06. The fourth-order valence-electron chi connectivity index (χ4n) is 2.14. The molecule has 2 atom stereocenters. The van der Waals surface area contributed by atoms with Gasteiger partial charge in [0.15, 0.2) is 0 Å². The van der Waals surface area contributed by atoms with Crippen LogP contribution < -0.4 is 5.32 Å². The summed E-state index contributed by atoms with van der Waals surface area (Å²) in [5.41, 5.74) is 2.54. The van der Waals surface area contributed by atoms with Crippen LogP contribution in [-0.4, -0.2) is 17.0 Å². The average molecular weight is 227 g/mol. The lowest BCUT2D eigenvalue weighted by Gasteiger charge is -2.24. The number of pyridine rings is 2. The Morgan fingerprint density at radius 1 is 0.882 bits per heavy atom. The van der Waals surface area contributed by atoms with Gasteiger partial charge in [0.1, 0.15) is 0 Å².